The molecule has 1 aromatic carbocycles. The molecule has 3 aromatic rings. The summed E-state index contributed by atoms with van der Waals surface area (Å²) in [6, 6.07) is 7.49. The van der Waals surface area contributed by atoms with Crippen molar-refractivity contribution >= 4 is 11.2 Å². The lowest BCUT2D eigenvalue weighted by molar-refractivity contribution is 0.334. The van der Waals surface area contributed by atoms with Gasteiger partial charge in [0, 0.05) is 37.8 Å². The second-order valence-corrected chi connectivity index (χ2v) is 5.38. The number of nitrogens with zero attached hydrogens (tertiary/aromatic N) is 4. The van der Waals surface area contributed by atoms with E-state index in [-0.39, 0.29) is 12.1 Å². The average molecular weight is 329 g/mol. The molecule has 0 saturated carbocycles. The van der Waals surface area contributed by atoms with E-state index in [4.69, 9.17) is 5.73 Å². The van der Waals surface area contributed by atoms with Gasteiger partial charge in [0.25, 0.3) is 0 Å². The second-order valence-electron chi connectivity index (χ2n) is 5.38. The van der Waals surface area contributed by atoms with E-state index in [1.807, 2.05) is 23.7 Å². The van der Waals surface area contributed by atoms with Gasteiger partial charge in [0.1, 0.15) is 23.0 Å². The highest BCUT2D eigenvalue weighted by molar-refractivity contribution is 5.70. The molecule has 2 aromatic heterocycles. The molecule has 24 heavy (non-hydrogen) atoms. The van der Waals surface area contributed by atoms with E-state index < -0.39 is 11.6 Å². The Labute approximate surface area is 138 Å². The van der Waals surface area contributed by atoms with Crippen molar-refractivity contribution in [3.8, 4) is 0 Å². The molecule has 124 valence electrons. The molecule has 5 nitrogen and oxygen atoms in total. The summed E-state index contributed by atoms with van der Waals surface area (Å²) in [4.78, 5) is 10.5. The summed E-state index contributed by atoms with van der Waals surface area (Å²) in [5, 5.41) is 0. The summed E-state index contributed by atoms with van der Waals surface area (Å²) in [5.74, 6) is -0.451. The minimum Gasteiger partial charge on any atom is -0.403 e. The quantitative estimate of drug-likeness (QED) is 0.782. The van der Waals surface area contributed by atoms with E-state index in [0.29, 0.717) is 6.54 Å². The summed E-state index contributed by atoms with van der Waals surface area (Å²) < 4.78 is 29.6. The molecular weight excluding hydrogens is 312 g/mol. The van der Waals surface area contributed by atoms with Crippen LogP contribution in [0.25, 0.3) is 11.2 Å². The van der Waals surface area contributed by atoms with Gasteiger partial charge in [-0.05, 0) is 24.3 Å². The Hall–Kier alpha value is -2.96. The lowest BCUT2D eigenvalue weighted by Gasteiger charge is -2.20. The molecule has 0 spiro atoms. The van der Waals surface area contributed by atoms with Crippen molar-refractivity contribution in [2.75, 3.05) is 0 Å². The van der Waals surface area contributed by atoms with Crippen molar-refractivity contribution in [2.24, 2.45) is 12.8 Å². The van der Waals surface area contributed by atoms with Crippen molar-refractivity contribution in [1.82, 2.24) is 19.4 Å². The van der Waals surface area contributed by atoms with E-state index in [1.165, 1.54) is 24.4 Å². The van der Waals surface area contributed by atoms with Crippen LogP contribution in [0, 0.1) is 11.6 Å². The van der Waals surface area contributed by atoms with Crippen LogP contribution in [0.2, 0.25) is 0 Å². The van der Waals surface area contributed by atoms with Crippen LogP contribution in [0.15, 0.2) is 48.9 Å². The number of aryl methyl sites for hydroxylation is 1. The molecule has 0 amide bonds. The Balaban J connectivity index is 1.90. The standard InChI is InChI=1S/C17H17F2N5/c1-23-16(22-15-6-3-8-21-17(15)23)11-24(9-7-20)10-12-13(18)4-2-5-14(12)19/h2-9H,10-11,20H2,1H3/b9-7-. The average Bonchev–Trinajstić information content (AvgIpc) is 2.88. The van der Waals surface area contributed by atoms with Gasteiger partial charge < -0.3 is 15.2 Å². The largest absolute Gasteiger partial charge is 0.403 e. The first-order chi connectivity index (χ1) is 11.6. The smallest absolute Gasteiger partial charge is 0.159 e. The number of rotatable bonds is 5. The monoisotopic (exact) mass is 329 g/mol. The molecule has 0 atom stereocenters. The molecule has 0 unspecified atom stereocenters. The van der Waals surface area contributed by atoms with Crippen LogP contribution in [-0.2, 0) is 20.1 Å². The van der Waals surface area contributed by atoms with E-state index >= 15 is 0 Å². The molecule has 2 N–H and O–H groups in total. The number of hydrogen-bond donors (Lipinski definition) is 1. The van der Waals surface area contributed by atoms with Crippen molar-refractivity contribution < 1.29 is 8.78 Å². The first kappa shape index (κ1) is 15.9. The molecule has 0 bridgehead atoms. The number of halogens is 2. The van der Waals surface area contributed by atoms with Gasteiger partial charge in [-0.15, -0.1) is 0 Å². The fourth-order valence-electron chi connectivity index (χ4n) is 2.56. The minimum absolute atomic E-state index is 0.00695. The van der Waals surface area contributed by atoms with Gasteiger partial charge in [-0.1, -0.05) is 6.07 Å². The molecule has 7 heteroatoms. The third-order valence-electron chi connectivity index (χ3n) is 3.78. The highest BCUT2D eigenvalue weighted by Gasteiger charge is 2.15. The molecule has 0 saturated heterocycles. The number of imidazole rings is 1. The number of pyridine rings is 1. The maximum atomic E-state index is 13.9. The van der Waals surface area contributed by atoms with Gasteiger partial charge in [0.05, 0.1) is 6.54 Å². The van der Waals surface area contributed by atoms with Gasteiger partial charge in [-0.2, -0.15) is 0 Å². The van der Waals surface area contributed by atoms with Gasteiger partial charge in [0.2, 0.25) is 0 Å². The maximum absolute atomic E-state index is 13.9. The van der Waals surface area contributed by atoms with Gasteiger partial charge in [-0.25, -0.2) is 18.7 Å². The van der Waals surface area contributed by atoms with Crippen molar-refractivity contribution in [3.63, 3.8) is 0 Å². The second kappa shape index (κ2) is 6.66. The summed E-state index contributed by atoms with van der Waals surface area (Å²) in [5.41, 5.74) is 6.99. The minimum atomic E-state index is -0.586. The zero-order valence-corrected chi connectivity index (χ0v) is 13.2. The van der Waals surface area contributed by atoms with Crippen LogP contribution >= 0.6 is 0 Å². The van der Waals surface area contributed by atoms with Crippen LogP contribution < -0.4 is 5.73 Å². The lowest BCUT2D eigenvalue weighted by Crippen LogP contribution is -2.20. The molecular formula is C17H17F2N5. The Morgan fingerprint density at radius 2 is 1.92 bits per heavy atom. The van der Waals surface area contributed by atoms with E-state index in [2.05, 4.69) is 9.97 Å². The molecule has 0 fully saturated rings. The van der Waals surface area contributed by atoms with Gasteiger partial charge in [0.15, 0.2) is 5.65 Å². The summed E-state index contributed by atoms with van der Waals surface area (Å²) in [6.45, 7) is 0.386. The maximum Gasteiger partial charge on any atom is 0.159 e. The molecule has 3 rings (SSSR count). The molecule has 0 aliphatic rings. The van der Waals surface area contributed by atoms with Crippen LogP contribution in [-0.4, -0.2) is 19.4 Å². The highest BCUT2D eigenvalue weighted by Crippen LogP contribution is 2.18. The summed E-state index contributed by atoms with van der Waals surface area (Å²) in [7, 11) is 1.85. The lowest BCUT2D eigenvalue weighted by atomic mass is 10.2. The van der Waals surface area contributed by atoms with Gasteiger partial charge >= 0.3 is 0 Å². The van der Waals surface area contributed by atoms with Crippen LogP contribution in [0.1, 0.15) is 11.4 Å². The normalized spacial score (nSPS) is 11.5. The van der Waals surface area contributed by atoms with Crippen molar-refractivity contribution in [2.45, 2.75) is 13.1 Å². The van der Waals surface area contributed by atoms with Crippen molar-refractivity contribution in [3.05, 3.63) is 72.0 Å². The molecule has 0 aliphatic heterocycles. The molecule has 0 aliphatic carbocycles. The van der Waals surface area contributed by atoms with Crippen LogP contribution in [0.5, 0.6) is 0 Å². The fourth-order valence-corrected chi connectivity index (χ4v) is 2.56. The Kier molecular flexibility index (Phi) is 4.41. The number of hydrogen-bond acceptors (Lipinski definition) is 4. The first-order valence-corrected chi connectivity index (χ1v) is 7.42. The Morgan fingerprint density at radius 1 is 1.17 bits per heavy atom. The Bertz CT molecular complexity index is 868. The first-order valence-electron chi connectivity index (χ1n) is 7.42. The topological polar surface area (TPSA) is 60.0 Å². The predicted octanol–water partition coefficient (Wildman–Crippen LogP) is 2.68. The number of fused-ring (bicyclic) bond motifs is 1. The number of aromatic nitrogens is 3. The molecule has 2 heterocycles. The summed E-state index contributed by atoms with van der Waals surface area (Å²) >= 11 is 0. The van der Waals surface area contributed by atoms with Crippen LogP contribution in [0.3, 0.4) is 0 Å². The summed E-state index contributed by atoms with van der Waals surface area (Å²) in [6.07, 6.45) is 4.61. The zero-order valence-electron chi connectivity index (χ0n) is 13.2. The SMILES string of the molecule is Cn1c(CN(/C=C\N)Cc2c(F)cccc2F)nc2cccnc21. The van der Waals surface area contributed by atoms with Crippen LogP contribution in [0.4, 0.5) is 8.78 Å². The van der Waals surface area contributed by atoms with E-state index in [0.717, 1.165) is 17.0 Å². The van der Waals surface area contributed by atoms with Gasteiger partial charge in [-0.3, -0.25) is 0 Å². The van der Waals surface area contributed by atoms with Crippen molar-refractivity contribution in [1.29, 1.82) is 0 Å². The predicted molar refractivity (Wildman–Crippen MR) is 87.4 cm³/mol. The zero-order chi connectivity index (χ0) is 17.1. The number of nitrogens with two attached hydrogens (primary N) is 1. The fraction of sp³-hybridized carbons (Fsp3) is 0.176. The third kappa shape index (κ3) is 3.05. The van der Waals surface area contributed by atoms with E-state index in [9.17, 15) is 8.78 Å². The van der Waals surface area contributed by atoms with E-state index in [1.54, 1.807) is 17.3 Å². The Morgan fingerprint density at radius 3 is 2.58 bits per heavy atom. The number of benzene rings is 1. The molecule has 0 radical (unpaired) electrons. The highest BCUT2D eigenvalue weighted by atomic mass is 19.1. The third-order valence-corrected chi connectivity index (χ3v) is 3.78.